The van der Waals surface area contributed by atoms with Gasteiger partial charge in [0.05, 0.1) is 0 Å². The van der Waals surface area contributed by atoms with Crippen LogP contribution in [0.1, 0.15) is 36.8 Å². The zero-order chi connectivity index (χ0) is 30.5. The molecule has 44 heavy (non-hydrogen) atoms. The molecule has 3 heteroatoms. The predicted octanol–water partition coefficient (Wildman–Crippen LogP) is 9.59. The zero-order valence-corrected chi connectivity index (χ0v) is 29.5. The van der Waals surface area contributed by atoms with E-state index in [2.05, 4.69) is 168 Å². The number of alkyl halides is 1. The Hall–Kier alpha value is -2.82. The molecule has 5 aromatic rings. The van der Waals surface area contributed by atoms with E-state index in [1.165, 1.54) is 55.3 Å². The zero-order valence-electron chi connectivity index (χ0n) is 25.9. The van der Waals surface area contributed by atoms with E-state index in [9.17, 15) is 0 Å². The van der Waals surface area contributed by atoms with Crippen LogP contribution in [0.5, 0.6) is 0 Å². The molecule has 0 heterocycles. The quantitative estimate of drug-likeness (QED) is 0.0553. The van der Waals surface area contributed by atoms with Gasteiger partial charge in [0.1, 0.15) is 0 Å². The van der Waals surface area contributed by atoms with Crippen LogP contribution in [0.15, 0.2) is 152 Å². The number of hydrogen-bond acceptors (Lipinski definition) is 0. The Morgan fingerprint density at radius 1 is 0.477 bits per heavy atom. The number of benzene rings is 5. The molecule has 0 N–H and O–H groups in total. The van der Waals surface area contributed by atoms with Crippen molar-refractivity contribution in [3.8, 4) is 0 Å². The van der Waals surface area contributed by atoms with E-state index in [-0.39, 0.29) is 0 Å². The topological polar surface area (TPSA) is 0 Å². The van der Waals surface area contributed by atoms with Crippen LogP contribution in [0.2, 0.25) is 0 Å². The van der Waals surface area contributed by atoms with Crippen LogP contribution in [0, 0.1) is 0 Å². The fourth-order valence-corrected chi connectivity index (χ4v) is 17.6. The maximum absolute atomic E-state index is 4.06. The number of halogens is 1. The van der Waals surface area contributed by atoms with Crippen LogP contribution in [-0.2, 0) is 6.16 Å². The summed E-state index contributed by atoms with van der Waals surface area (Å²) in [7, 11) is -4.08. The second-order valence-electron chi connectivity index (χ2n) is 12.1. The average Bonchev–Trinajstić information content (AvgIpc) is 3.10. The number of hydrogen-bond donors (Lipinski definition) is 0. The van der Waals surface area contributed by atoms with Gasteiger partial charge < -0.3 is 0 Å². The molecule has 0 aromatic heterocycles. The Kier molecular flexibility index (Phi) is 12.2. The SMILES string of the molecule is C=Cc1cccc(C[PH](CCCC[PH](CCCCBr)(c2ccccc2)c2ccccc2)(c2ccccc2)c2ccccc2)c1. The van der Waals surface area contributed by atoms with Gasteiger partial charge in [0.2, 0.25) is 0 Å². The molecule has 0 bridgehead atoms. The summed E-state index contributed by atoms with van der Waals surface area (Å²) >= 11 is 3.71. The standard InChI is InChI=1S/C41H47BrP2/c1-2-36-20-19-21-37(34-36)35-44(40-26-11-5-12-27-40,41-28-13-6-14-29-41)33-18-17-32-43(31-16-15-30-42,38-22-7-3-8-23-38)39-24-9-4-10-25-39/h2-14,19-29,34,43-44H,1,15-18,30-33,35H2. The summed E-state index contributed by atoms with van der Waals surface area (Å²) in [4.78, 5) is 0. The third kappa shape index (κ3) is 7.87. The molecule has 0 aliphatic rings. The van der Waals surface area contributed by atoms with Gasteiger partial charge in [-0.2, -0.15) is 0 Å². The van der Waals surface area contributed by atoms with Gasteiger partial charge in [-0.15, -0.1) is 0 Å². The molecule has 0 aliphatic carbocycles. The van der Waals surface area contributed by atoms with E-state index in [1.807, 2.05) is 6.08 Å². The Labute approximate surface area is 275 Å². The molecular formula is C41H47BrP2. The van der Waals surface area contributed by atoms with Crippen LogP contribution in [0.3, 0.4) is 0 Å². The maximum atomic E-state index is 4.06. The third-order valence-electron chi connectivity index (χ3n) is 9.44. The molecule has 0 radical (unpaired) electrons. The van der Waals surface area contributed by atoms with Crippen molar-refractivity contribution in [3.05, 3.63) is 163 Å². The molecule has 0 unspecified atom stereocenters. The fraction of sp³-hybridized carbons (Fsp3) is 0.220. The Bertz CT molecular complexity index is 1470. The van der Waals surface area contributed by atoms with Gasteiger partial charge in [0.15, 0.2) is 0 Å². The molecule has 0 atom stereocenters. The predicted molar refractivity (Wildman–Crippen MR) is 208 cm³/mol. The summed E-state index contributed by atoms with van der Waals surface area (Å²) in [6, 6.07) is 55.0. The summed E-state index contributed by atoms with van der Waals surface area (Å²) in [6.45, 7) is 4.06. The van der Waals surface area contributed by atoms with Crippen molar-refractivity contribution in [2.24, 2.45) is 0 Å². The van der Waals surface area contributed by atoms with E-state index in [0.29, 0.717) is 0 Å². The van der Waals surface area contributed by atoms with E-state index >= 15 is 0 Å². The van der Waals surface area contributed by atoms with Crippen molar-refractivity contribution in [1.82, 2.24) is 0 Å². The minimum absolute atomic E-state index is 1.08. The van der Waals surface area contributed by atoms with Crippen LogP contribution in [-0.4, -0.2) is 23.8 Å². The first-order chi connectivity index (χ1) is 21.7. The molecule has 5 rings (SSSR count). The number of rotatable bonds is 16. The molecule has 228 valence electrons. The van der Waals surface area contributed by atoms with E-state index < -0.39 is 14.5 Å². The van der Waals surface area contributed by atoms with E-state index in [0.717, 1.165) is 11.5 Å². The van der Waals surface area contributed by atoms with Crippen LogP contribution in [0.4, 0.5) is 0 Å². The monoisotopic (exact) mass is 680 g/mol. The van der Waals surface area contributed by atoms with Crippen molar-refractivity contribution in [2.45, 2.75) is 31.8 Å². The minimum atomic E-state index is -2.14. The summed E-state index contributed by atoms with van der Waals surface area (Å²) in [5, 5.41) is 7.36. The third-order valence-corrected chi connectivity index (χ3v) is 20.4. The average molecular weight is 682 g/mol. The Morgan fingerprint density at radius 2 is 0.886 bits per heavy atom. The van der Waals surface area contributed by atoms with Gasteiger partial charge >= 0.3 is 277 Å². The van der Waals surface area contributed by atoms with Crippen LogP contribution < -0.4 is 21.2 Å². The van der Waals surface area contributed by atoms with Gasteiger partial charge in [0.25, 0.3) is 0 Å². The summed E-state index contributed by atoms with van der Waals surface area (Å²) in [5.41, 5.74) is 2.63. The van der Waals surface area contributed by atoms with Gasteiger partial charge in [-0.05, 0) is 0 Å². The molecular weight excluding hydrogens is 634 g/mol. The van der Waals surface area contributed by atoms with Gasteiger partial charge in [0, 0.05) is 0 Å². The first-order valence-electron chi connectivity index (χ1n) is 16.2. The molecule has 0 fully saturated rings. The first kappa shape index (κ1) is 32.6. The van der Waals surface area contributed by atoms with Crippen LogP contribution in [0.25, 0.3) is 6.08 Å². The van der Waals surface area contributed by atoms with Crippen LogP contribution >= 0.6 is 30.5 Å². The van der Waals surface area contributed by atoms with E-state index in [1.54, 1.807) is 21.2 Å². The summed E-state index contributed by atoms with van der Waals surface area (Å²) < 4.78 is 0. The van der Waals surface area contributed by atoms with Gasteiger partial charge in [-0.1, -0.05) is 0 Å². The van der Waals surface area contributed by atoms with Gasteiger partial charge in [-0.25, -0.2) is 0 Å². The molecule has 0 nitrogen and oxygen atoms in total. The fourth-order valence-electron chi connectivity index (χ4n) is 7.20. The van der Waals surface area contributed by atoms with Crippen molar-refractivity contribution >= 4 is 57.7 Å². The summed E-state index contributed by atoms with van der Waals surface area (Å²) in [5.74, 6) is 0. The summed E-state index contributed by atoms with van der Waals surface area (Å²) in [6.07, 6.45) is 11.9. The van der Waals surface area contributed by atoms with Crippen molar-refractivity contribution in [3.63, 3.8) is 0 Å². The normalized spacial score (nSPS) is 12.5. The Morgan fingerprint density at radius 3 is 1.32 bits per heavy atom. The molecule has 0 amide bonds. The molecule has 0 saturated carbocycles. The van der Waals surface area contributed by atoms with Crippen molar-refractivity contribution in [1.29, 1.82) is 0 Å². The second-order valence-corrected chi connectivity index (χ2v) is 21.4. The van der Waals surface area contributed by atoms with Crippen molar-refractivity contribution in [2.75, 3.05) is 23.8 Å². The number of unbranched alkanes of at least 4 members (excludes halogenated alkanes) is 2. The van der Waals surface area contributed by atoms with Crippen molar-refractivity contribution < 1.29 is 0 Å². The molecule has 5 aromatic carbocycles. The first-order valence-corrected chi connectivity index (χ1v) is 22.1. The molecule has 0 aliphatic heterocycles. The molecule has 0 spiro atoms. The molecule has 0 saturated heterocycles. The Balaban J connectivity index is 1.50. The second kappa shape index (κ2) is 16.5. The van der Waals surface area contributed by atoms with Gasteiger partial charge in [-0.3, -0.25) is 0 Å². The van der Waals surface area contributed by atoms with E-state index in [4.69, 9.17) is 0 Å².